The van der Waals surface area contributed by atoms with Crippen LogP contribution in [0.1, 0.15) is 56.6 Å². The van der Waals surface area contributed by atoms with Gasteiger partial charge in [-0.3, -0.25) is 0 Å². The van der Waals surface area contributed by atoms with Crippen LogP contribution in [0.15, 0.2) is 24.3 Å². The van der Waals surface area contributed by atoms with Gasteiger partial charge in [0.05, 0.1) is 0 Å². The molecule has 2 atom stereocenters. The van der Waals surface area contributed by atoms with Gasteiger partial charge in [0.1, 0.15) is 11.4 Å². The second kappa shape index (κ2) is 5.29. The Kier molecular flexibility index (Phi) is 3.43. The topological polar surface area (TPSA) is 41.5 Å². The molecule has 2 unspecified atom stereocenters. The maximum atomic E-state index is 9.33. The molecule has 3 nitrogen and oxygen atoms in total. The van der Waals surface area contributed by atoms with Gasteiger partial charge >= 0.3 is 0 Å². The molecule has 2 fully saturated rings. The highest BCUT2D eigenvalue weighted by Gasteiger charge is 2.46. The molecule has 0 saturated heterocycles. The maximum absolute atomic E-state index is 9.33. The number of benzene rings is 1. The molecule has 0 radical (unpaired) electrons. The van der Waals surface area contributed by atoms with E-state index in [-0.39, 0.29) is 12.2 Å². The number of hydrogen-bond acceptors (Lipinski definition) is 3. The molecule has 0 aromatic heterocycles. The van der Waals surface area contributed by atoms with E-state index in [1.54, 1.807) is 0 Å². The first-order valence-corrected chi connectivity index (χ1v) is 8.44. The fraction of sp³-hybridized carbons (Fsp3) is 0.667. The van der Waals surface area contributed by atoms with Gasteiger partial charge in [-0.05, 0) is 50.5 Å². The molecule has 1 aliphatic heterocycles. The lowest BCUT2D eigenvalue weighted by Crippen LogP contribution is -2.50. The second-order valence-electron chi connectivity index (χ2n) is 7.06. The summed E-state index contributed by atoms with van der Waals surface area (Å²) in [5.41, 5.74) is 1.39. The molecule has 21 heavy (non-hydrogen) atoms. The summed E-state index contributed by atoms with van der Waals surface area (Å²) < 4.78 is 6.31. The van der Waals surface area contributed by atoms with Gasteiger partial charge in [0.25, 0.3) is 0 Å². The molecule has 1 spiro atoms. The van der Waals surface area contributed by atoms with Crippen molar-refractivity contribution in [2.24, 2.45) is 5.92 Å². The summed E-state index contributed by atoms with van der Waals surface area (Å²) in [6.07, 6.45) is 8.25. The van der Waals surface area contributed by atoms with Crippen molar-refractivity contribution in [2.75, 3.05) is 6.61 Å². The molecule has 4 rings (SSSR count). The molecule has 114 valence electrons. The van der Waals surface area contributed by atoms with Gasteiger partial charge in [-0.2, -0.15) is 0 Å². The Hall–Kier alpha value is -1.06. The van der Waals surface area contributed by atoms with Crippen LogP contribution in [0.5, 0.6) is 5.75 Å². The Morgan fingerprint density at radius 3 is 2.76 bits per heavy atom. The Bertz CT molecular complexity index is 508. The van der Waals surface area contributed by atoms with Crippen molar-refractivity contribution in [2.45, 2.75) is 62.6 Å². The summed E-state index contributed by atoms with van der Waals surface area (Å²) in [5.74, 6) is 1.84. The van der Waals surface area contributed by atoms with Crippen LogP contribution < -0.4 is 10.1 Å². The van der Waals surface area contributed by atoms with E-state index in [0.29, 0.717) is 12.1 Å². The third kappa shape index (κ3) is 2.58. The lowest BCUT2D eigenvalue weighted by molar-refractivity contribution is -0.0385. The van der Waals surface area contributed by atoms with E-state index in [2.05, 4.69) is 29.6 Å². The average molecular weight is 287 g/mol. The smallest absolute Gasteiger partial charge is 0.124 e. The number of fused-ring (bicyclic) bond motifs is 1. The first-order chi connectivity index (χ1) is 10.3. The number of para-hydroxylation sites is 1. The highest BCUT2D eigenvalue weighted by Crippen LogP contribution is 2.49. The SMILES string of the molecule is OCCC(NC1CC2(CCC2)Oc2ccccc21)C1CC1. The normalized spacial score (nSPS) is 27.6. The van der Waals surface area contributed by atoms with Crippen molar-refractivity contribution < 1.29 is 9.84 Å². The van der Waals surface area contributed by atoms with Crippen molar-refractivity contribution in [3.8, 4) is 5.75 Å². The lowest BCUT2D eigenvalue weighted by atomic mass is 9.72. The first kappa shape index (κ1) is 13.6. The summed E-state index contributed by atoms with van der Waals surface area (Å²) in [6, 6.07) is 9.33. The number of ether oxygens (including phenoxy) is 1. The van der Waals surface area contributed by atoms with Crippen LogP contribution in [-0.2, 0) is 0 Å². The summed E-state index contributed by atoms with van der Waals surface area (Å²) >= 11 is 0. The summed E-state index contributed by atoms with van der Waals surface area (Å²) in [5, 5.41) is 13.2. The minimum Gasteiger partial charge on any atom is -0.487 e. The fourth-order valence-electron chi connectivity index (χ4n) is 4.00. The van der Waals surface area contributed by atoms with Gasteiger partial charge in [0.2, 0.25) is 0 Å². The summed E-state index contributed by atoms with van der Waals surface area (Å²) in [6.45, 7) is 0.282. The Labute approximate surface area is 126 Å². The molecule has 2 aliphatic carbocycles. The number of hydrogen-bond donors (Lipinski definition) is 2. The predicted octanol–water partition coefficient (Wildman–Crippen LogP) is 3.18. The van der Waals surface area contributed by atoms with Gasteiger partial charge in [-0.1, -0.05) is 18.2 Å². The zero-order valence-electron chi connectivity index (χ0n) is 12.6. The maximum Gasteiger partial charge on any atom is 0.124 e. The van der Waals surface area contributed by atoms with Crippen molar-refractivity contribution in [1.82, 2.24) is 5.32 Å². The largest absolute Gasteiger partial charge is 0.487 e. The summed E-state index contributed by atoms with van der Waals surface area (Å²) in [4.78, 5) is 0. The number of rotatable bonds is 5. The minimum atomic E-state index is 0.0827. The Balaban J connectivity index is 1.57. The zero-order valence-corrected chi connectivity index (χ0v) is 12.6. The fourth-order valence-corrected chi connectivity index (χ4v) is 4.00. The molecule has 1 heterocycles. The van der Waals surface area contributed by atoms with Crippen LogP contribution in [0.25, 0.3) is 0 Å². The lowest BCUT2D eigenvalue weighted by Gasteiger charge is -2.48. The standard InChI is InChI=1S/C18H25NO2/c20-11-8-15(13-6-7-13)19-16-12-18(9-3-10-18)21-17-5-2-1-4-14(16)17/h1-2,4-5,13,15-16,19-20H,3,6-12H2. The predicted molar refractivity (Wildman–Crippen MR) is 82.4 cm³/mol. The molecular weight excluding hydrogens is 262 g/mol. The van der Waals surface area contributed by atoms with E-state index in [0.717, 1.165) is 24.5 Å². The average Bonchev–Trinajstić information content (AvgIpc) is 3.29. The molecule has 3 aliphatic rings. The van der Waals surface area contributed by atoms with Gasteiger partial charge in [0, 0.05) is 30.7 Å². The van der Waals surface area contributed by atoms with Crippen LogP contribution in [-0.4, -0.2) is 23.4 Å². The Morgan fingerprint density at radius 2 is 2.10 bits per heavy atom. The van der Waals surface area contributed by atoms with Gasteiger partial charge in [-0.15, -0.1) is 0 Å². The van der Waals surface area contributed by atoms with E-state index < -0.39 is 0 Å². The molecule has 2 N–H and O–H groups in total. The van der Waals surface area contributed by atoms with Crippen molar-refractivity contribution in [3.63, 3.8) is 0 Å². The minimum absolute atomic E-state index is 0.0827. The molecule has 1 aromatic rings. The van der Waals surface area contributed by atoms with Gasteiger partial charge < -0.3 is 15.2 Å². The van der Waals surface area contributed by atoms with Gasteiger partial charge in [-0.25, -0.2) is 0 Å². The third-order valence-electron chi connectivity index (χ3n) is 5.51. The van der Waals surface area contributed by atoms with Crippen LogP contribution >= 0.6 is 0 Å². The highest BCUT2D eigenvalue weighted by atomic mass is 16.5. The first-order valence-electron chi connectivity index (χ1n) is 8.44. The van der Waals surface area contributed by atoms with Crippen LogP contribution in [0, 0.1) is 5.92 Å². The van der Waals surface area contributed by atoms with E-state index in [1.807, 2.05) is 0 Å². The van der Waals surface area contributed by atoms with E-state index in [1.165, 1.54) is 37.7 Å². The molecule has 0 bridgehead atoms. The second-order valence-corrected chi connectivity index (χ2v) is 7.06. The third-order valence-corrected chi connectivity index (χ3v) is 5.51. The molecule has 1 aromatic carbocycles. The summed E-state index contributed by atoms with van der Waals surface area (Å²) in [7, 11) is 0. The quantitative estimate of drug-likeness (QED) is 0.874. The molecule has 0 amide bonds. The molecule has 2 saturated carbocycles. The number of aliphatic hydroxyl groups excluding tert-OH is 1. The van der Waals surface area contributed by atoms with Crippen molar-refractivity contribution >= 4 is 0 Å². The van der Waals surface area contributed by atoms with Crippen LogP contribution in [0.4, 0.5) is 0 Å². The highest BCUT2D eigenvalue weighted by molar-refractivity contribution is 5.39. The van der Waals surface area contributed by atoms with Crippen LogP contribution in [0.2, 0.25) is 0 Å². The monoisotopic (exact) mass is 287 g/mol. The van der Waals surface area contributed by atoms with E-state index in [4.69, 9.17) is 4.74 Å². The van der Waals surface area contributed by atoms with Crippen molar-refractivity contribution in [3.05, 3.63) is 29.8 Å². The van der Waals surface area contributed by atoms with Crippen LogP contribution in [0.3, 0.4) is 0 Å². The van der Waals surface area contributed by atoms with E-state index in [9.17, 15) is 5.11 Å². The number of aliphatic hydroxyl groups is 1. The Morgan fingerprint density at radius 1 is 1.29 bits per heavy atom. The van der Waals surface area contributed by atoms with Gasteiger partial charge in [0.15, 0.2) is 0 Å². The van der Waals surface area contributed by atoms with E-state index >= 15 is 0 Å². The molecule has 3 heteroatoms. The number of nitrogens with one attached hydrogen (secondary N) is 1. The van der Waals surface area contributed by atoms with Crippen molar-refractivity contribution in [1.29, 1.82) is 0 Å². The zero-order chi connectivity index (χ0) is 14.3. The molecular formula is C18H25NO2.